The minimum Gasteiger partial charge on any atom is -0.489 e. The van der Waals surface area contributed by atoms with Gasteiger partial charge in [-0.15, -0.1) is 10.2 Å². The number of benzene rings is 2. The molecule has 2 heterocycles. The van der Waals surface area contributed by atoms with Crippen LogP contribution in [-0.2, 0) is 9.47 Å². The molecular formula is C29H34Cl2FN3O5S. The number of rotatable bonds is 7. The van der Waals surface area contributed by atoms with Gasteiger partial charge in [0.15, 0.2) is 11.6 Å². The Morgan fingerprint density at radius 3 is 2.44 bits per heavy atom. The standard InChI is InChI=1S/C29H34Cl2FN3O5S/c1-15(2)38-23-10-9-17(11-20(23)31)25-33-34-26(41-25)18-12-21(32)24(13-19(18)30)37-14-22-16(3)39-29(7,8)35(22)27(36)40-28(4,5)6/h9-13,15-16,22H,14H2,1-8H3/t16-,22-/m1/s1. The van der Waals surface area contributed by atoms with Crippen molar-refractivity contribution in [2.75, 3.05) is 6.61 Å². The summed E-state index contributed by atoms with van der Waals surface area (Å²) >= 11 is 14.2. The first-order chi connectivity index (χ1) is 19.1. The minimum absolute atomic E-state index is 0.0128. The molecule has 0 saturated carbocycles. The van der Waals surface area contributed by atoms with Gasteiger partial charge in [-0.3, -0.25) is 4.90 Å². The molecule has 12 heteroatoms. The van der Waals surface area contributed by atoms with E-state index in [1.807, 2.05) is 26.8 Å². The van der Waals surface area contributed by atoms with E-state index in [9.17, 15) is 4.79 Å². The normalized spacial score (nSPS) is 18.6. The van der Waals surface area contributed by atoms with Crippen LogP contribution in [0.5, 0.6) is 11.5 Å². The van der Waals surface area contributed by atoms with Crippen LogP contribution in [0.2, 0.25) is 10.0 Å². The molecule has 0 bridgehead atoms. The average molecular weight is 627 g/mol. The van der Waals surface area contributed by atoms with Crippen molar-refractivity contribution in [1.82, 2.24) is 15.1 Å². The van der Waals surface area contributed by atoms with Crippen LogP contribution in [0.1, 0.15) is 55.4 Å². The fraction of sp³-hybridized carbons (Fsp3) is 0.483. The summed E-state index contributed by atoms with van der Waals surface area (Å²) in [4.78, 5) is 14.5. The van der Waals surface area contributed by atoms with Gasteiger partial charge in [-0.2, -0.15) is 0 Å². The molecule has 0 unspecified atom stereocenters. The van der Waals surface area contributed by atoms with E-state index >= 15 is 4.39 Å². The fourth-order valence-corrected chi connectivity index (χ4v) is 5.88. The number of nitrogens with zero attached hydrogens (tertiary/aromatic N) is 3. The number of halogens is 3. The van der Waals surface area contributed by atoms with E-state index in [0.29, 0.717) is 26.4 Å². The summed E-state index contributed by atoms with van der Waals surface area (Å²) < 4.78 is 38.4. The van der Waals surface area contributed by atoms with Crippen molar-refractivity contribution >= 4 is 40.6 Å². The Morgan fingerprint density at radius 1 is 1.12 bits per heavy atom. The molecule has 2 atom stereocenters. The Kier molecular flexibility index (Phi) is 9.09. The van der Waals surface area contributed by atoms with Crippen LogP contribution in [0.4, 0.5) is 9.18 Å². The molecule has 1 aromatic heterocycles. The molecule has 222 valence electrons. The second kappa shape index (κ2) is 11.9. The molecule has 1 aliphatic heterocycles. The molecule has 2 aromatic carbocycles. The average Bonchev–Trinajstić information content (AvgIpc) is 3.41. The third kappa shape index (κ3) is 7.23. The highest BCUT2D eigenvalue weighted by Gasteiger charge is 2.50. The summed E-state index contributed by atoms with van der Waals surface area (Å²) in [7, 11) is 0. The molecule has 1 amide bonds. The van der Waals surface area contributed by atoms with Gasteiger partial charge in [-0.25, -0.2) is 9.18 Å². The lowest BCUT2D eigenvalue weighted by Crippen LogP contribution is -2.52. The highest BCUT2D eigenvalue weighted by atomic mass is 35.5. The third-order valence-corrected chi connectivity index (χ3v) is 7.76. The maximum atomic E-state index is 15.3. The maximum Gasteiger partial charge on any atom is 0.413 e. The second-order valence-electron chi connectivity index (χ2n) is 11.5. The molecule has 1 saturated heterocycles. The number of hydrogen-bond donors (Lipinski definition) is 0. The topological polar surface area (TPSA) is 83.0 Å². The van der Waals surface area contributed by atoms with E-state index in [1.165, 1.54) is 28.4 Å². The predicted octanol–water partition coefficient (Wildman–Crippen LogP) is 8.24. The molecule has 0 aliphatic carbocycles. The van der Waals surface area contributed by atoms with Crippen LogP contribution in [0.15, 0.2) is 30.3 Å². The number of carbonyl (C=O) groups excluding carboxylic acids is 1. The molecule has 41 heavy (non-hydrogen) atoms. The van der Waals surface area contributed by atoms with E-state index in [1.54, 1.807) is 46.8 Å². The second-order valence-corrected chi connectivity index (χ2v) is 13.3. The molecule has 0 spiro atoms. The summed E-state index contributed by atoms with van der Waals surface area (Å²) in [5.41, 5.74) is -0.503. The number of carbonyl (C=O) groups is 1. The van der Waals surface area contributed by atoms with Crippen LogP contribution in [0.3, 0.4) is 0 Å². The van der Waals surface area contributed by atoms with Crippen LogP contribution in [-0.4, -0.2) is 57.4 Å². The lowest BCUT2D eigenvalue weighted by atomic mass is 10.1. The Labute approximate surface area is 253 Å². The molecule has 0 N–H and O–H groups in total. The van der Waals surface area contributed by atoms with Gasteiger partial charge in [0.25, 0.3) is 0 Å². The van der Waals surface area contributed by atoms with E-state index in [0.717, 1.165) is 5.56 Å². The number of ether oxygens (including phenoxy) is 4. The van der Waals surface area contributed by atoms with E-state index < -0.39 is 29.3 Å². The summed E-state index contributed by atoms with van der Waals surface area (Å²) in [5.74, 6) is -0.113. The van der Waals surface area contributed by atoms with Gasteiger partial charge in [0.05, 0.1) is 28.3 Å². The lowest BCUT2D eigenvalue weighted by molar-refractivity contribution is -0.0760. The first kappa shape index (κ1) is 31.3. The molecule has 1 aliphatic rings. The van der Waals surface area contributed by atoms with Gasteiger partial charge in [0.2, 0.25) is 0 Å². The van der Waals surface area contributed by atoms with Crippen molar-refractivity contribution in [2.24, 2.45) is 0 Å². The Bertz CT molecular complexity index is 1430. The zero-order chi connectivity index (χ0) is 30.3. The highest BCUT2D eigenvalue weighted by Crippen LogP contribution is 2.39. The van der Waals surface area contributed by atoms with Gasteiger partial charge in [-0.1, -0.05) is 34.5 Å². The van der Waals surface area contributed by atoms with Crippen molar-refractivity contribution in [1.29, 1.82) is 0 Å². The summed E-state index contributed by atoms with van der Waals surface area (Å²) in [5, 5.41) is 10.2. The van der Waals surface area contributed by atoms with E-state index in [2.05, 4.69) is 10.2 Å². The van der Waals surface area contributed by atoms with Crippen molar-refractivity contribution in [3.63, 3.8) is 0 Å². The molecule has 3 aromatic rings. The zero-order valence-electron chi connectivity index (χ0n) is 24.3. The van der Waals surface area contributed by atoms with Crippen LogP contribution < -0.4 is 9.47 Å². The van der Waals surface area contributed by atoms with Gasteiger partial charge in [-0.05, 0) is 79.7 Å². The fourth-order valence-electron chi connectivity index (χ4n) is 4.49. The Hall–Kier alpha value is -2.66. The van der Waals surface area contributed by atoms with Crippen LogP contribution in [0, 0.1) is 5.82 Å². The third-order valence-electron chi connectivity index (χ3n) is 6.15. The number of aromatic nitrogens is 2. The molecule has 8 nitrogen and oxygen atoms in total. The van der Waals surface area contributed by atoms with Crippen LogP contribution >= 0.6 is 34.5 Å². The van der Waals surface area contributed by atoms with Crippen molar-refractivity contribution in [2.45, 2.75) is 85.0 Å². The van der Waals surface area contributed by atoms with E-state index in [-0.39, 0.29) is 29.6 Å². The first-order valence-corrected chi connectivity index (χ1v) is 14.8. The highest BCUT2D eigenvalue weighted by molar-refractivity contribution is 7.18. The SMILES string of the molecule is CC(C)Oc1ccc(-c2nnc(-c3cc(F)c(OC[C@@H]4[C@@H](C)OC(C)(C)N4C(=O)OC(C)(C)C)cc3Cl)s2)cc1Cl. The molecular weight excluding hydrogens is 592 g/mol. The van der Waals surface area contributed by atoms with Gasteiger partial charge >= 0.3 is 6.09 Å². The molecule has 4 rings (SSSR count). The summed E-state index contributed by atoms with van der Waals surface area (Å²) in [6.07, 6.45) is -0.930. The Balaban J connectivity index is 1.51. The largest absolute Gasteiger partial charge is 0.489 e. The maximum absolute atomic E-state index is 15.3. The quantitative estimate of drug-likeness (QED) is 0.261. The van der Waals surface area contributed by atoms with Gasteiger partial charge in [0.1, 0.15) is 33.7 Å². The van der Waals surface area contributed by atoms with Gasteiger partial charge in [0, 0.05) is 17.2 Å². The van der Waals surface area contributed by atoms with Crippen LogP contribution in [0.25, 0.3) is 21.1 Å². The predicted molar refractivity (Wildman–Crippen MR) is 159 cm³/mol. The smallest absolute Gasteiger partial charge is 0.413 e. The van der Waals surface area contributed by atoms with E-state index in [4.69, 9.17) is 42.1 Å². The molecule has 0 radical (unpaired) electrons. The summed E-state index contributed by atoms with van der Waals surface area (Å²) in [6.45, 7) is 14.6. The number of hydrogen-bond acceptors (Lipinski definition) is 8. The van der Waals surface area contributed by atoms with Crippen molar-refractivity contribution in [3.05, 3.63) is 46.2 Å². The van der Waals surface area contributed by atoms with Crippen molar-refractivity contribution in [3.8, 4) is 32.6 Å². The molecule has 1 fully saturated rings. The summed E-state index contributed by atoms with van der Waals surface area (Å²) in [6, 6.07) is 7.50. The van der Waals surface area contributed by atoms with Crippen molar-refractivity contribution < 1.29 is 28.1 Å². The Morgan fingerprint density at radius 2 is 1.80 bits per heavy atom. The van der Waals surface area contributed by atoms with Gasteiger partial charge < -0.3 is 18.9 Å². The minimum atomic E-state index is -0.933. The zero-order valence-corrected chi connectivity index (χ0v) is 26.6. The lowest BCUT2D eigenvalue weighted by Gasteiger charge is -2.35. The monoisotopic (exact) mass is 625 g/mol. The first-order valence-electron chi connectivity index (χ1n) is 13.2. The number of amides is 1.